The van der Waals surface area contributed by atoms with Crippen molar-refractivity contribution >= 4 is 28.3 Å². The van der Waals surface area contributed by atoms with Gasteiger partial charge in [-0.25, -0.2) is 9.97 Å². The second kappa shape index (κ2) is 3.84. The summed E-state index contributed by atoms with van der Waals surface area (Å²) in [6.45, 7) is 1.33. The molecule has 5 nitrogen and oxygen atoms in total. The number of aromatic nitrogens is 4. The predicted octanol–water partition coefficient (Wildman–Crippen LogP) is 1.81. The summed E-state index contributed by atoms with van der Waals surface area (Å²) in [5, 5.41) is 0.224. The number of imidazole rings is 1. The third-order valence-electron chi connectivity index (χ3n) is 2.53. The molecule has 2 aromatic rings. The Kier molecular flexibility index (Phi) is 2.34. The van der Waals surface area contributed by atoms with Crippen molar-refractivity contribution in [1.29, 1.82) is 0 Å². The van der Waals surface area contributed by atoms with Crippen molar-refractivity contribution in [3.05, 3.63) is 23.4 Å². The van der Waals surface area contributed by atoms with E-state index in [1.54, 1.807) is 6.33 Å². The number of nitrogens with zero attached hydrogens (tertiary/aromatic N) is 3. The first-order chi connectivity index (χ1) is 7.84. The monoisotopic (exact) mass is 236 g/mol. The molecule has 0 radical (unpaired) electrons. The van der Waals surface area contributed by atoms with Crippen LogP contribution in [0.4, 0.5) is 0 Å². The average molecular weight is 237 g/mol. The van der Waals surface area contributed by atoms with Gasteiger partial charge in [-0.3, -0.25) is 0 Å². The number of halogens is 1. The zero-order chi connectivity index (χ0) is 11.0. The minimum atomic E-state index is 0.224. The van der Waals surface area contributed by atoms with E-state index >= 15 is 0 Å². The fourth-order valence-electron chi connectivity index (χ4n) is 1.78. The van der Waals surface area contributed by atoms with Crippen molar-refractivity contribution in [2.75, 3.05) is 13.2 Å². The lowest BCUT2D eigenvalue weighted by Crippen LogP contribution is -2.06. The summed E-state index contributed by atoms with van der Waals surface area (Å²) >= 11 is 5.87. The molecular weight excluding hydrogens is 228 g/mol. The summed E-state index contributed by atoms with van der Waals surface area (Å²) in [4.78, 5) is 15.4. The van der Waals surface area contributed by atoms with Crippen molar-refractivity contribution in [2.24, 2.45) is 0 Å². The van der Waals surface area contributed by atoms with Crippen LogP contribution in [0.15, 0.2) is 12.4 Å². The third kappa shape index (κ3) is 1.58. The fraction of sp³-hybridized carbons (Fsp3) is 0.300. The molecule has 1 aliphatic heterocycles. The van der Waals surface area contributed by atoms with Gasteiger partial charge in [-0.15, -0.1) is 0 Å². The standard InChI is InChI=1S/C10H9ClN4O/c11-10-14-7(6-1-3-16-4-2-6)8-9(15-10)13-5-12-8/h1,5H,2-4H2,(H,12,13,14,15). The molecule has 0 saturated heterocycles. The van der Waals surface area contributed by atoms with E-state index in [-0.39, 0.29) is 5.28 Å². The molecule has 0 aromatic carbocycles. The Hall–Kier alpha value is -1.46. The van der Waals surface area contributed by atoms with E-state index in [9.17, 15) is 0 Å². The van der Waals surface area contributed by atoms with Crippen molar-refractivity contribution in [2.45, 2.75) is 6.42 Å². The van der Waals surface area contributed by atoms with E-state index in [0.29, 0.717) is 18.9 Å². The molecule has 1 N–H and O–H groups in total. The minimum Gasteiger partial charge on any atom is -0.377 e. The molecule has 0 fully saturated rings. The molecule has 0 amide bonds. The van der Waals surface area contributed by atoms with E-state index in [0.717, 1.165) is 23.2 Å². The molecule has 2 aromatic heterocycles. The van der Waals surface area contributed by atoms with Gasteiger partial charge in [0.05, 0.1) is 25.2 Å². The highest BCUT2D eigenvalue weighted by Crippen LogP contribution is 2.25. The molecule has 1 aliphatic rings. The van der Waals surface area contributed by atoms with Crippen LogP contribution in [-0.4, -0.2) is 33.1 Å². The number of aromatic amines is 1. The first-order valence-corrected chi connectivity index (χ1v) is 5.36. The molecule has 0 saturated carbocycles. The maximum absolute atomic E-state index is 5.87. The van der Waals surface area contributed by atoms with E-state index in [4.69, 9.17) is 16.3 Å². The lowest BCUT2D eigenvalue weighted by Gasteiger charge is -2.13. The molecule has 3 heterocycles. The van der Waals surface area contributed by atoms with Gasteiger partial charge in [-0.1, -0.05) is 6.08 Å². The van der Waals surface area contributed by atoms with Crippen LogP contribution >= 0.6 is 11.6 Å². The van der Waals surface area contributed by atoms with Crippen LogP contribution in [0.2, 0.25) is 5.28 Å². The van der Waals surface area contributed by atoms with Crippen molar-refractivity contribution < 1.29 is 4.74 Å². The molecule has 0 atom stereocenters. The Balaban J connectivity index is 2.21. The predicted molar refractivity (Wildman–Crippen MR) is 60.1 cm³/mol. The van der Waals surface area contributed by atoms with Gasteiger partial charge in [0.25, 0.3) is 0 Å². The van der Waals surface area contributed by atoms with E-state index in [1.165, 1.54) is 0 Å². The fourth-order valence-corrected chi connectivity index (χ4v) is 1.95. The first kappa shape index (κ1) is 9.74. The molecule has 16 heavy (non-hydrogen) atoms. The highest BCUT2D eigenvalue weighted by atomic mass is 35.5. The van der Waals surface area contributed by atoms with E-state index in [2.05, 4.69) is 19.9 Å². The Bertz CT molecular complexity index is 563. The molecule has 82 valence electrons. The second-order valence-electron chi connectivity index (χ2n) is 3.50. The van der Waals surface area contributed by atoms with Gasteiger partial charge in [-0.05, 0) is 23.6 Å². The van der Waals surface area contributed by atoms with Crippen LogP contribution in [0.25, 0.3) is 16.7 Å². The van der Waals surface area contributed by atoms with Gasteiger partial charge < -0.3 is 9.72 Å². The maximum atomic E-state index is 5.87. The summed E-state index contributed by atoms with van der Waals surface area (Å²) in [6, 6.07) is 0. The normalized spacial score (nSPS) is 16.4. The number of fused-ring (bicyclic) bond motifs is 1. The zero-order valence-corrected chi connectivity index (χ0v) is 9.16. The molecular formula is C10H9ClN4O. The van der Waals surface area contributed by atoms with Gasteiger partial charge in [0.1, 0.15) is 5.52 Å². The Morgan fingerprint density at radius 2 is 2.31 bits per heavy atom. The second-order valence-corrected chi connectivity index (χ2v) is 3.83. The van der Waals surface area contributed by atoms with Gasteiger partial charge in [0.2, 0.25) is 5.28 Å². The van der Waals surface area contributed by atoms with Crippen LogP contribution in [0.5, 0.6) is 0 Å². The summed E-state index contributed by atoms with van der Waals surface area (Å²) < 4.78 is 5.27. The lowest BCUT2D eigenvalue weighted by atomic mass is 10.1. The molecule has 6 heteroatoms. The van der Waals surface area contributed by atoms with Gasteiger partial charge >= 0.3 is 0 Å². The number of nitrogens with one attached hydrogen (secondary N) is 1. The van der Waals surface area contributed by atoms with Crippen molar-refractivity contribution in [3.8, 4) is 0 Å². The SMILES string of the molecule is Clc1nc(C2=CCOCC2)c2[nH]cnc2n1. The number of H-pyrrole nitrogens is 1. The van der Waals surface area contributed by atoms with Crippen LogP contribution in [0.1, 0.15) is 12.1 Å². The zero-order valence-electron chi connectivity index (χ0n) is 8.40. The Labute approximate surface area is 96.5 Å². The summed E-state index contributed by atoms with van der Waals surface area (Å²) in [5.74, 6) is 0. The first-order valence-electron chi connectivity index (χ1n) is 4.98. The third-order valence-corrected chi connectivity index (χ3v) is 2.69. The topological polar surface area (TPSA) is 63.7 Å². The molecule has 0 unspecified atom stereocenters. The maximum Gasteiger partial charge on any atom is 0.225 e. The Morgan fingerprint density at radius 1 is 1.38 bits per heavy atom. The average Bonchev–Trinajstić information content (AvgIpc) is 2.77. The highest BCUT2D eigenvalue weighted by molar-refractivity contribution is 6.28. The Morgan fingerprint density at radius 3 is 3.12 bits per heavy atom. The van der Waals surface area contributed by atoms with Crippen molar-refractivity contribution in [3.63, 3.8) is 0 Å². The largest absolute Gasteiger partial charge is 0.377 e. The van der Waals surface area contributed by atoms with Crippen LogP contribution in [-0.2, 0) is 4.74 Å². The van der Waals surface area contributed by atoms with Crippen LogP contribution < -0.4 is 0 Å². The molecule has 0 spiro atoms. The van der Waals surface area contributed by atoms with Crippen molar-refractivity contribution in [1.82, 2.24) is 19.9 Å². The quantitative estimate of drug-likeness (QED) is 0.767. The van der Waals surface area contributed by atoms with E-state index < -0.39 is 0 Å². The van der Waals surface area contributed by atoms with Gasteiger partial charge in [0, 0.05) is 0 Å². The summed E-state index contributed by atoms with van der Waals surface area (Å²) in [5.41, 5.74) is 3.39. The number of ether oxygens (including phenoxy) is 1. The number of rotatable bonds is 1. The number of hydrogen-bond donors (Lipinski definition) is 1. The summed E-state index contributed by atoms with van der Waals surface area (Å²) in [7, 11) is 0. The van der Waals surface area contributed by atoms with Gasteiger partial charge in [0.15, 0.2) is 5.65 Å². The van der Waals surface area contributed by atoms with Crippen LogP contribution in [0, 0.1) is 0 Å². The van der Waals surface area contributed by atoms with Crippen LogP contribution in [0.3, 0.4) is 0 Å². The molecule has 3 rings (SSSR count). The number of hydrogen-bond acceptors (Lipinski definition) is 4. The lowest BCUT2D eigenvalue weighted by molar-refractivity contribution is 0.161. The molecule has 0 bridgehead atoms. The summed E-state index contributed by atoms with van der Waals surface area (Å²) in [6.07, 6.45) is 4.45. The van der Waals surface area contributed by atoms with Gasteiger partial charge in [-0.2, -0.15) is 4.98 Å². The smallest absolute Gasteiger partial charge is 0.225 e. The molecule has 0 aliphatic carbocycles. The van der Waals surface area contributed by atoms with E-state index in [1.807, 2.05) is 6.08 Å². The highest BCUT2D eigenvalue weighted by Gasteiger charge is 2.14. The minimum absolute atomic E-state index is 0.224.